The van der Waals surface area contributed by atoms with Gasteiger partial charge in [0.25, 0.3) is 0 Å². The number of nitrogens with one attached hydrogen (secondary N) is 1. The van der Waals surface area contributed by atoms with Crippen molar-refractivity contribution in [3.63, 3.8) is 0 Å². The van der Waals surface area contributed by atoms with E-state index in [4.69, 9.17) is 9.47 Å². The Bertz CT molecular complexity index is 968. The van der Waals surface area contributed by atoms with Crippen LogP contribution in [0.25, 0.3) is 0 Å². The van der Waals surface area contributed by atoms with Gasteiger partial charge in [-0.05, 0) is 75.6 Å². The summed E-state index contributed by atoms with van der Waals surface area (Å²) >= 11 is 0. The van der Waals surface area contributed by atoms with Crippen LogP contribution >= 0.6 is 0 Å². The van der Waals surface area contributed by atoms with Gasteiger partial charge in [0.2, 0.25) is 0 Å². The first kappa shape index (κ1) is 30.9. The molecule has 1 unspecified atom stereocenters. The van der Waals surface area contributed by atoms with E-state index in [2.05, 4.69) is 50.4 Å². The number of halogens is 2. The summed E-state index contributed by atoms with van der Waals surface area (Å²) < 4.78 is 39.2. The van der Waals surface area contributed by atoms with E-state index >= 15 is 0 Å². The van der Waals surface area contributed by atoms with Gasteiger partial charge < -0.3 is 19.9 Å². The van der Waals surface area contributed by atoms with Crippen LogP contribution in [0.3, 0.4) is 0 Å². The number of benzene rings is 2. The van der Waals surface area contributed by atoms with E-state index in [-0.39, 0.29) is 37.2 Å². The number of ether oxygens (including phenoxy) is 2. The van der Waals surface area contributed by atoms with E-state index in [9.17, 15) is 18.7 Å². The lowest BCUT2D eigenvalue weighted by atomic mass is 9.85. The topological polar surface area (TPSA) is 67.8 Å². The number of rotatable bonds is 16. The van der Waals surface area contributed by atoms with E-state index in [0.717, 1.165) is 25.3 Å². The van der Waals surface area contributed by atoms with Gasteiger partial charge in [0, 0.05) is 24.6 Å². The highest BCUT2D eigenvalue weighted by Crippen LogP contribution is 2.27. The first-order chi connectivity index (χ1) is 17.5. The molecule has 0 fully saturated rings. The van der Waals surface area contributed by atoms with Crippen LogP contribution in [-0.2, 0) is 27.1 Å². The molecule has 0 aliphatic carbocycles. The van der Waals surface area contributed by atoms with Gasteiger partial charge in [0.1, 0.15) is 11.6 Å². The zero-order valence-corrected chi connectivity index (χ0v) is 22.9. The van der Waals surface area contributed by atoms with Crippen LogP contribution in [0.15, 0.2) is 42.5 Å². The fraction of sp³-hybridized carbons (Fsp3) is 0.567. The molecule has 206 valence electrons. The van der Waals surface area contributed by atoms with E-state index in [0.29, 0.717) is 18.0 Å². The molecule has 7 heteroatoms. The summed E-state index contributed by atoms with van der Waals surface area (Å²) in [5, 5.41) is 14.0. The molecule has 0 saturated carbocycles. The third-order valence-electron chi connectivity index (χ3n) is 6.62. The van der Waals surface area contributed by atoms with Crippen molar-refractivity contribution in [2.45, 2.75) is 84.5 Å². The van der Waals surface area contributed by atoms with Gasteiger partial charge in [-0.3, -0.25) is 4.79 Å². The molecule has 0 heterocycles. The Labute approximate surface area is 220 Å². The van der Waals surface area contributed by atoms with Gasteiger partial charge in [-0.15, -0.1) is 0 Å². The van der Waals surface area contributed by atoms with Crippen molar-refractivity contribution < 1.29 is 28.2 Å². The van der Waals surface area contributed by atoms with Crippen LogP contribution in [-0.4, -0.2) is 42.5 Å². The summed E-state index contributed by atoms with van der Waals surface area (Å²) in [6, 6.07) is 12.5. The second-order valence-electron chi connectivity index (χ2n) is 10.3. The van der Waals surface area contributed by atoms with E-state index < -0.39 is 29.8 Å². The van der Waals surface area contributed by atoms with Crippen LogP contribution < -0.4 is 5.32 Å². The fourth-order valence-corrected chi connectivity index (χ4v) is 4.61. The number of aliphatic hydroxyl groups excluding tert-OH is 1. The lowest BCUT2D eigenvalue weighted by Crippen LogP contribution is -2.45. The molecule has 2 aromatic carbocycles. The molecule has 0 aliphatic rings. The highest BCUT2D eigenvalue weighted by molar-refractivity contribution is 5.69. The minimum atomic E-state index is -0.794. The summed E-state index contributed by atoms with van der Waals surface area (Å²) in [4.78, 5) is 11.7. The smallest absolute Gasteiger partial charge is 0.306 e. The molecule has 37 heavy (non-hydrogen) atoms. The zero-order chi connectivity index (χ0) is 27.4. The van der Waals surface area contributed by atoms with E-state index in [1.807, 2.05) is 6.07 Å². The summed E-state index contributed by atoms with van der Waals surface area (Å²) in [6.07, 6.45) is 1.63. The Balaban J connectivity index is 1.89. The Morgan fingerprint density at radius 2 is 1.84 bits per heavy atom. The second-order valence-corrected chi connectivity index (χ2v) is 10.3. The standard InChI is InChI=1S/C30H43F2NO4/c1-6-22(15-23-11-9-8-10-12-23)18-30(4,5)33-19-25(34)20-37-21(3)27-16-24(31)17-28(32)26(27)13-14-29(35)36-7-2/h8-12,16-17,21-22,25,33-34H,6-7,13-15,18-20H2,1-5H3/t21-,22?,25-/m1/s1. The van der Waals surface area contributed by atoms with Crippen molar-refractivity contribution in [3.8, 4) is 0 Å². The van der Waals surface area contributed by atoms with Gasteiger partial charge >= 0.3 is 5.97 Å². The van der Waals surface area contributed by atoms with Gasteiger partial charge in [-0.2, -0.15) is 0 Å². The van der Waals surface area contributed by atoms with Crippen molar-refractivity contribution in [3.05, 3.63) is 70.8 Å². The fourth-order valence-electron chi connectivity index (χ4n) is 4.61. The maximum Gasteiger partial charge on any atom is 0.306 e. The number of carbonyl (C=O) groups is 1. The van der Waals surface area contributed by atoms with Gasteiger partial charge in [-0.25, -0.2) is 8.78 Å². The summed E-state index contributed by atoms with van der Waals surface area (Å²) in [6.45, 7) is 10.4. The van der Waals surface area contributed by atoms with Gasteiger partial charge in [0.05, 0.1) is 25.4 Å². The molecule has 0 aliphatic heterocycles. The number of hydrogen-bond donors (Lipinski definition) is 2. The molecule has 2 aromatic rings. The summed E-state index contributed by atoms with van der Waals surface area (Å²) in [5.41, 5.74) is 1.69. The average Bonchev–Trinajstić information content (AvgIpc) is 2.85. The third kappa shape index (κ3) is 10.9. The van der Waals surface area contributed by atoms with Crippen molar-refractivity contribution in [2.75, 3.05) is 19.8 Å². The molecule has 3 atom stereocenters. The zero-order valence-electron chi connectivity index (χ0n) is 22.9. The van der Waals surface area contributed by atoms with Gasteiger partial charge in [-0.1, -0.05) is 43.7 Å². The van der Waals surface area contributed by atoms with Crippen molar-refractivity contribution in [1.82, 2.24) is 5.32 Å². The largest absolute Gasteiger partial charge is 0.466 e. The molecule has 0 saturated heterocycles. The third-order valence-corrected chi connectivity index (χ3v) is 6.62. The van der Waals surface area contributed by atoms with E-state index in [1.165, 1.54) is 11.6 Å². The van der Waals surface area contributed by atoms with Gasteiger partial charge in [0.15, 0.2) is 0 Å². The SMILES string of the molecule is CCOC(=O)CCc1c(F)cc(F)cc1[C@@H](C)OC[C@H](O)CNC(C)(C)CC(CC)Cc1ccccc1. The minimum absolute atomic E-state index is 0.000910. The average molecular weight is 520 g/mol. The predicted molar refractivity (Wildman–Crippen MR) is 142 cm³/mol. The lowest BCUT2D eigenvalue weighted by Gasteiger charge is -2.32. The Morgan fingerprint density at radius 1 is 1.14 bits per heavy atom. The second kappa shape index (κ2) is 15.2. The van der Waals surface area contributed by atoms with Crippen LogP contribution in [0.2, 0.25) is 0 Å². The van der Waals surface area contributed by atoms with Crippen LogP contribution in [0.5, 0.6) is 0 Å². The van der Waals surface area contributed by atoms with Crippen molar-refractivity contribution in [2.24, 2.45) is 5.92 Å². The molecule has 5 nitrogen and oxygen atoms in total. The molecule has 0 radical (unpaired) electrons. The number of carbonyl (C=O) groups excluding carboxylic acids is 1. The number of aliphatic hydroxyl groups is 1. The predicted octanol–water partition coefficient (Wildman–Crippen LogP) is 5.93. The monoisotopic (exact) mass is 519 g/mol. The van der Waals surface area contributed by atoms with Crippen LogP contribution in [0, 0.1) is 17.6 Å². The summed E-state index contributed by atoms with van der Waals surface area (Å²) in [5.74, 6) is -1.37. The van der Waals surface area contributed by atoms with Crippen molar-refractivity contribution in [1.29, 1.82) is 0 Å². The molecular formula is C30H43F2NO4. The molecule has 0 spiro atoms. The van der Waals surface area contributed by atoms with Crippen LogP contribution in [0.1, 0.15) is 76.7 Å². The van der Waals surface area contributed by atoms with Crippen LogP contribution in [0.4, 0.5) is 8.78 Å². The Hall–Kier alpha value is -2.35. The number of esters is 1. The van der Waals surface area contributed by atoms with Crippen molar-refractivity contribution >= 4 is 5.97 Å². The molecule has 2 rings (SSSR count). The molecule has 0 bridgehead atoms. The molecule has 0 aromatic heterocycles. The molecular weight excluding hydrogens is 476 g/mol. The molecule has 2 N–H and O–H groups in total. The number of β-amino-alcohol motifs (C(OH)–C–C–N with tert-alkyl or cyclic N) is 1. The highest BCUT2D eigenvalue weighted by Gasteiger charge is 2.24. The lowest BCUT2D eigenvalue weighted by molar-refractivity contribution is -0.143. The first-order valence-corrected chi connectivity index (χ1v) is 13.3. The normalized spacial score (nSPS) is 14.3. The van der Waals surface area contributed by atoms with E-state index in [1.54, 1.807) is 13.8 Å². The summed E-state index contributed by atoms with van der Waals surface area (Å²) in [7, 11) is 0. The first-order valence-electron chi connectivity index (χ1n) is 13.3. The number of hydrogen-bond acceptors (Lipinski definition) is 5. The maximum absolute atomic E-state index is 14.5. The Morgan fingerprint density at radius 3 is 2.49 bits per heavy atom. The Kier molecular flexibility index (Phi) is 12.6. The highest BCUT2D eigenvalue weighted by atomic mass is 19.1. The minimum Gasteiger partial charge on any atom is -0.466 e. The molecule has 0 amide bonds. The quantitative estimate of drug-likeness (QED) is 0.269. The maximum atomic E-state index is 14.5.